The number of nitrogens with zero attached hydrogens (tertiary/aromatic N) is 1. The first-order valence-electron chi connectivity index (χ1n) is 16.4. The molecule has 1 atom stereocenters. The summed E-state index contributed by atoms with van der Waals surface area (Å²) in [6.45, 7) is 20.2. The Bertz CT molecular complexity index is 1320. The number of halogens is 1. The van der Waals surface area contributed by atoms with E-state index in [0.29, 0.717) is 6.04 Å². The lowest BCUT2D eigenvalue weighted by molar-refractivity contribution is 0.320. The van der Waals surface area contributed by atoms with Crippen LogP contribution in [0.4, 0.5) is 0 Å². The Balaban J connectivity index is 1.43. The SMILES string of the molecule is C=Cc1cc(CCc2cccc(-c3cccc(CCCCN4CCC(C)C4)c3C)c2C)c(Cl)cc1CNC(CC)CC. The second-order valence-electron chi connectivity index (χ2n) is 12.6. The maximum absolute atomic E-state index is 6.84. The van der Waals surface area contributed by atoms with Crippen molar-refractivity contribution < 1.29 is 0 Å². The number of unbranched alkanes of at least 4 members (excludes halogenated alkanes) is 1. The van der Waals surface area contributed by atoms with E-state index in [1.54, 1.807) is 0 Å². The molecule has 0 amide bonds. The molecule has 0 aromatic heterocycles. The zero-order valence-corrected chi connectivity index (χ0v) is 27.6. The predicted octanol–water partition coefficient (Wildman–Crippen LogP) is 9.99. The molecule has 1 fully saturated rings. The van der Waals surface area contributed by atoms with Crippen molar-refractivity contribution >= 4 is 17.7 Å². The van der Waals surface area contributed by atoms with Gasteiger partial charge in [0.05, 0.1) is 0 Å². The van der Waals surface area contributed by atoms with Crippen LogP contribution >= 0.6 is 11.6 Å². The minimum Gasteiger partial charge on any atom is -0.310 e. The molecule has 1 saturated heterocycles. The van der Waals surface area contributed by atoms with Gasteiger partial charge in [0.2, 0.25) is 0 Å². The first kappa shape index (κ1) is 32.5. The molecule has 0 bridgehead atoms. The normalized spacial score (nSPS) is 15.5. The highest BCUT2D eigenvalue weighted by molar-refractivity contribution is 6.31. The number of aryl methyl sites for hydroxylation is 3. The van der Waals surface area contributed by atoms with Gasteiger partial charge in [-0.15, -0.1) is 0 Å². The summed E-state index contributed by atoms with van der Waals surface area (Å²) >= 11 is 6.84. The highest BCUT2D eigenvalue weighted by atomic mass is 35.5. The molecule has 4 rings (SSSR count). The van der Waals surface area contributed by atoms with Crippen LogP contribution in [0.3, 0.4) is 0 Å². The van der Waals surface area contributed by atoms with Gasteiger partial charge in [-0.05, 0) is 146 Å². The van der Waals surface area contributed by atoms with E-state index in [0.717, 1.165) is 49.6 Å². The minimum atomic E-state index is 0.532. The molecule has 1 unspecified atom stereocenters. The zero-order valence-electron chi connectivity index (χ0n) is 26.9. The molecule has 3 aromatic rings. The van der Waals surface area contributed by atoms with Crippen molar-refractivity contribution in [1.82, 2.24) is 10.2 Å². The van der Waals surface area contributed by atoms with Crippen LogP contribution in [0.1, 0.15) is 91.8 Å². The molecule has 0 radical (unpaired) electrons. The zero-order chi connectivity index (χ0) is 30.1. The Morgan fingerprint density at radius 1 is 0.905 bits per heavy atom. The molecular weight excluding hydrogens is 532 g/mol. The third-order valence-electron chi connectivity index (χ3n) is 9.62. The maximum Gasteiger partial charge on any atom is 0.0441 e. The lowest BCUT2D eigenvalue weighted by atomic mass is 9.88. The van der Waals surface area contributed by atoms with Crippen LogP contribution < -0.4 is 5.32 Å². The van der Waals surface area contributed by atoms with Crippen molar-refractivity contribution in [2.45, 2.75) is 98.6 Å². The van der Waals surface area contributed by atoms with Crippen molar-refractivity contribution in [3.63, 3.8) is 0 Å². The molecule has 3 heteroatoms. The summed E-state index contributed by atoms with van der Waals surface area (Å²) in [6, 6.07) is 18.6. The van der Waals surface area contributed by atoms with Crippen molar-refractivity contribution in [2.24, 2.45) is 5.92 Å². The first-order chi connectivity index (χ1) is 20.3. The van der Waals surface area contributed by atoms with Crippen molar-refractivity contribution in [2.75, 3.05) is 19.6 Å². The van der Waals surface area contributed by atoms with Crippen LogP contribution in [0.2, 0.25) is 5.02 Å². The van der Waals surface area contributed by atoms with Crippen LogP contribution in [0.15, 0.2) is 55.1 Å². The van der Waals surface area contributed by atoms with Gasteiger partial charge in [-0.25, -0.2) is 0 Å². The fourth-order valence-corrected chi connectivity index (χ4v) is 6.97. The minimum absolute atomic E-state index is 0.532. The van der Waals surface area contributed by atoms with E-state index in [2.05, 4.69) is 99.9 Å². The monoisotopic (exact) mass is 584 g/mol. The van der Waals surface area contributed by atoms with Crippen molar-refractivity contribution in [1.29, 1.82) is 0 Å². The summed E-state index contributed by atoms with van der Waals surface area (Å²) in [5, 5.41) is 4.53. The van der Waals surface area contributed by atoms with E-state index in [1.807, 2.05) is 6.08 Å². The summed E-state index contributed by atoms with van der Waals surface area (Å²) in [6.07, 6.45) is 11.2. The third-order valence-corrected chi connectivity index (χ3v) is 9.97. The van der Waals surface area contributed by atoms with Crippen LogP contribution in [-0.2, 0) is 25.8 Å². The van der Waals surface area contributed by atoms with E-state index in [-0.39, 0.29) is 0 Å². The molecule has 42 heavy (non-hydrogen) atoms. The Morgan fingerprint density at radius 3 is 2.14 bits per heavy atom. The molecule has 1 heterocycles. The molecule has 2 nitrogen and oxygen atoms in total. The second-order valence-corrected chi connectivity index (χ2v) is 13.0. The van der Waals surface area contributed by atoms with Crippen LogP contribution in [0.25, 0.3) is 17.2 Å². The largest absolute Gasteiger partial charge is 0.310 e. The lowest BCUT2D eigenvalue weighted by Gasteiger charge is -2.18. The Labute approximate surface area is 261 Å². The van der Waals surface area contributed by atoms with E-state index >= 15 is 0 Å². The predicted molar refractivity (Wildman–Crippen MR) is 185 cm³/mol. The van der Waals surface area contributed by atoms with Gasteiger partial charge in [-0.1, -0.05) is 81.4 Å². The molecule has 3 aromatic carbocycles. The number of likely N-dealkylation sites (tertiary alicyclic amines) is 1. The molecule has 0 spiro atoms. The van der Waals surface area contributed by atoms with Gasteiger partial charge < -0.3 is 10.2 Å². The molecule has 1 aliphatic rings. The van der Waals surface area contributed by atoms with Crippen LogP contribution in [0, 0.1) is 19.8 Å². The van der Waals surface area contributed by atoms with Crippen molar-refractivity contribution in [3.8, 4) is 11.1 Å². The lowest BCUT2D eigenvalue weighted by Crippen LogP contribution is -2.27. The van der Waals surface area contributed by atoms with Gasteiger partial charge in [-0.2, -0.15) is 0 Å². The topological polar surface area (TPSA) is 15.3 Å². The summed E-state index contributed by atoms with van der Waals surface area (Å²) in [7, 11) is 0. The van der Waals surface area contributed by atoms with E-state index < -0.39 is 0 Å². The van der Waals surface area contributed by atoms with Gasteiger partial charge >= 0.3 is 0 Å². The van der Waals surface area contributed by atoms with Crippen LogP contribution in [0.5, 0.6) is 0 Å². The molecule has 1 N–H and O–H groups in total. The smallest absolute Gasteiger partial charge is 0.0441 e. The van der Waals surface area contributed by atoms with Crippen LogP contribution in [-0.4, -0.2) is 30.6 Å². The highest BCUT2D eigenvalue weighted by Gasteiger charge is 2.18. The Kier molecular flexibility index (Phi) is 12.3. The fraction of sp³-hybridized carbons (Fsp3) is 0.487. The first-order valence-corrected chi connectivity index (χ1v) is 16.8. The average Bonchev–Trinajstić information content (AvgIpc) is 3.41. The van der Waals surface area contributed by atoms with Gasteiger partial charge in [0.25, 0.3) is 0 Å². The molecule has 0 aliphatic carbocycles. The molecule has 0 saturated carbocycles. The van der Waals surface area contributed by atoms with E-state index in [9.17, 15) is 0 Å². The number of benzene rings is 3. The Hall–Kier alpha value is -2.39. The fourth-order valence-electron chi connectivity index (χ4n) is 6.69. The summed E-state index contributed by atoms with van der Waals surface area (Å²) in [4.78, 5) is 2.65. The van der Waals surface area contributed by atoms with Crippen molar-refractivity contribution in [3.05, 3.63) is 99.1 Å². The van der Waals surface area contributed by atoms with Gasteiger partial charge in [0.15, 0.2) is 0 Å². The van der Waals surface area contributed by atoms with E-state index in [1.165, 1.54) is 89.0 Å². The summed E-state index contributed by atoms with van der Waals surface area (Å²) in [5.41, 5.74) is 12.0. The summed E-state index contributed by atoms with van der Waals surface area (Å²) in [5.74, 6) is 0.872. The molecular formula is C39H53ClN2. The van der Waals surface area contributed by atoms with Gasteiger partial charge in [-0.3, -0.25) is 0 Å². The highest BCUT2D eigenvalue weighted by Crippen LogP contribution is 2.32. The summed E-state index contributed by atoms with van der Waals surface area (Å²) < 4.78 is 0. The molecule has 1 aliphatic heterocycles. The second kappa shape index (κ2) is 15.9. The standard InChI is InChI=1S/C39H53ClN2/c1-7-31-24-34(39(40)25-35(31)26-41-36(8-2)9-3)20-19-33-16-13-18-38(30(33)6)37-17-12-15-32(29(37)5)14-10-11-22-42-23-21-28(4)27-42/h7,12-13,15-18,24-25,28,36,41H,1,8-11,14,19-23,26-27H2,2-6H3. The number of nitrogens with one attached hydrogen (secondary N) is 1. The van der Waals surface area contributed by atoms with Gasteiger partial charge in [0, 0.05) is 24.2 Å². The third kappa shape index (κ3) is 8.37. The number of rotatable bonds is 15. The number of hydrogen-bond donors (Lipinski definition) is 1. The average molecular weight is 585 g/mol. The van der Waals surface area contributed by atoms with Gasteiger partial charge in [0.1, 0.15) is 0 Å². The van der Waals surface area contributed by atoms with E-state index in [4.69, 9.17) is 11.6 Å². The number of hydrogen-bond acceptors (Lipinski definition) is 2. The molecule has 226 valence electrons. The Morgan fingerprint density at radius 2 is 1.55 bits per heavy atom. The quantitative estimate of drug-likeness (QED) is 0.179. The maximum atomic E-state index is 6.84.